The number of H-pyrrole nitrogens is 1. The van der Waals surface area contributed by atoms with Crippen LogP contribution in [-0.2, 0) is 6.54 Å². The van der Waals surface area contributed by atoms with Crippen molar-refractivity contribution in [1.29, 1.82) is 0 Å². The Morgan fingerprint density at radius 3 is 2.73 bits per heavy atom. The fourth-order valence-electron chi connectivity index (χ4n) is 2.17. The molecular formula is C14H14Cl2N6. The number of aromatic amines is 1. The van der Waals surface area contributed by atoms with Crippen LogP contribution in [-0.4, -0.2) is 32.6 Å². The molecule has 3 rings (SSSR count). The summed E-state index contributed by atoms with van der Waals surface area (Å²) in [5.41, 5.74) is 8.40. The van der Waals surface area contributed by atoms with E-state index in [0.29, 0.717) is 35.2 Å². The van der Waals surface area contributed by atoms with Crippen molar-refractivity contribution in [2.45, 2.75) is 6.54 Å². The Labute approximate surface area is 136 Å². The van der Waals surface area contributed by atoms with Crippen molar-refractivity contribution in [2.75, 3.05) is 13.1 Å². The van der Waals surface area contributed by atoms with Crippen molar-refractivity contribution in [2.24, 2.45) is 10.7 Å². The molecule has 22 heavy (non-hydrogen) atoms. The van der Waals surface area contributed by atoms with Gasteiger partial charge in [0.25, 0.3) is 0 Å². The summed E-state index contributed by atoms with van der Waals surface area (Å²) < 4.78 is 1.88. The average molecular weight is 337 g/mol. The minimum atomic E-state index is 0.474. The van der Waals surface area contributed by atoms with Crippen LogP contribution in [0.2, 0.25) is 10.0 Å². The third-order valence-electron chi connectivity index (χ3n) is 3.22. The Hall–Kier alpha value is -1.89. The topological polar surface area (TPSA) is 84.9 Å². The van der Waals surface area contributed by atoms with Crippen molar-refractivity contribution < 1.29 is 0 Å². The molecule has 1 aromatic carbocycles. The first kappa shape index (κ1) is 15.0. The van der Waals surface area contributed by atoms with Crippen LogP contribution < -0.4 is 11.2 Å². The standard InChI is InChI=1S/C14H14Cl2N6/c15-10-2-1-3-11(16)9(10)6-22-8-21-13(18-5-4-17)12-14(22)20-7-19-12/h1-3,7-8H,4-6,17H2,(H,19,20). The largest absolute Gasteiger partial charge is 0.340 e. The van der Waals surface area contributed by atoms with Gasteiger partial charge < -0.3 is 15.3 Å². The van der Waals surface area contributed by atoms with Crippen LogP contribution in [0.5, 0.6) is 0 Å². The molecule has 6 nitrogen and oxygen atoms in total. The first-order valence-corrected chi connectivity index (χ1v) is 7.48. The van der Waals surface area contributed by atoms with Gasteiger partial charge in [-0.2, -0.15) is 0 Å². The first-order valence-electron chi connectivity index (χ1n) is 6.72. The van der Waals surface area contributed by atoms with Crippen LogP contribution >= 0.6 is 23.2 Å². The molecule has 3 aromatic rings. The van der Waals surface area contributed by atoms with E-state index in [1.807, 2.05) is 22.8 Å². The number of nitrogens with two attached hydrogens (primary N) is 1. The van der Waals surface area contributed by atoms with Crippen molar-refractivity contribution in [1.82, 2.24) is 19.5 Å². The molecule has 114 valence electrons. The second kappa shape index (κ2) is 6.48. The molecule has 0 aliphatic heterocycles. The van der Waals surface area contributed by atoms with E-state index in [2.05, 4.69) is 19.9 Å². The van der Waals surface area contributed by atoms with Crippen LogP contribution in [0.3, 0.4) is 0 Å². The van der Waals surface area contributed by atoms with Gasteiger partial charge in [-0.1, -0.05) is 29.3 Å². The SMILES string of the molecule is NCCN=c1ncn(Cc2c(Cl)cccc2Cl)c2nc[nH]c12. The van der Waals surface area contributed by atoms with Crippen LogP contribution in [0, 0.1) is 0 Å². The molecule has 0 fully saturated rings. The Morgan fingerprint density at radius 2 is 2.00 bits per heavy atom. The fourth-order valence-corrected chi connectivity index (χ4v) is 2.69. The molecule has 0 saturated carbocycles. The van der Waals surface area contributed by atoms with E-state index >= 15 is 0 Å². The van der Waals surface area contributed by atoms with E-state index in [1.54, 1.807) is 12.7 Å². The quantitative estimate of drug-likeness (QED) is 0.763. The number of imidazole rings is 1. The molecule has 0 bridgehead atoms. The van der Waals surface area contributed by atoms with E-state index < -0.39 is 0 Å². The number of benzene rings is 1. The summed E-state index contributed by atoms with van der Waals surface area (Å²) in [7, 11) is 0. The van der Waals surface area contributed by atoms with Gasteiger partial charge in [0.05, 0.1) is 25.7 Å². The van der Waals surface area contributed by atoms with Gasteiger partial charge in [-0.15, -0.1) is 0 Å². The number of nitrogens with zero attached hydrogens (tertiary/aromatic N) is 4. The molecule has 0 amide bonds. The number of fused-ring (bicyclic) bond motifs is 1. The maximum Gasteiger partial charge on any atom is 0.176 e. The van der Waals surface area contributed by atoms with Crippen molar-refractivity contribution in [3.63, 3.8) is 0 Å². The Bertz CT molecular complexity index is 847. The van der Waals surface area contributed by atoms with Gasteiger partial charge in [0, 0.05) is 22.2 Å². The second-order valence-electron chi connectivity index (χ2n) is 4.67. The van der Waals surface area contributed by atoms with E-state index in [4.69, 9.17) is 28.9 Å². The minimum Gasteiger partial charge on any atom is -0.340 e. The number of rotatable bonds is 4. The minimum absolute atomic E-state index is 0.474. The highest BCUT2D eigenvalue weighted by atomic mass is 35.5. The Kier molecular flexibility index (Phi) is 4.42. The summed E-state index contributed by atoms with van der Waals surface area (Å²) in [4.78, 5) is 16.1. The molecule has 0 aliphatic rings. The van der Waals surface area contributed by atoms with E-state index in [1.165, 1.54) is 0 Å². The third kappa shape index (κ3) is 2.85. The summed E-state index contributed by atoms with van der Waals surface area (Å²) in [5.74, 6) is 0. The number of halogens is 2. The van der Waals surface area contributed by atoms with Gasteiger partial charge in [-0.3, -0.25) is 4.99 Å². The maximum absolute atomic E-state index is 6.23. The lowest BCUT2D eigenvalue weighted by molar-refractivity contribution is 0.781. The second-order valence-corrected chi connectivity index (χ2v) is 5.48. The molecule has 0 aliphatic carbocycles. The number of hydrogen-bond donors (Lipinski definition) is 2. The first-order chi connectivity index (χ1) is 10.7. The van der Waals surface area contributed by atoms with Crippen LogP contribution in [0.1, 0.15) is 5.56 Å². The summed E-state index contributed by atoms with van der Waals surface area (Å²) in [6.45, 7) is 1.47. The highest BCUT2D eigenvalue weighted by molar-refractivity contribution is 6.35. The number of hydrogen-bond acceptors (Lipinski definition) is 4. The van der Waals surface area contributed by atoms with Crippen LogP contribution in [0.4, 0.5) is 0 Å². The predicted octanol–water partition coefficient (Wildman–Crippen LogP) is 1.97. The zero-order chi connectivity index (χ0) is 15.5. The lowest BCUT2D eigenvalue weighted by Crippen LogP contribution is -2.17. The van der Waals surface area contributed by atoms with Gasteiger partial charge in [0.1, 0.15) is 5.52 Å². The third-order valence-corrected chi connectivity index (χ3v) is 3.92. The zero-order valence-electron chi connectivity index (χ0n) is 11.6. The highest BCUT2D eigenvalue weighted by Gasteiger charge is 2.10. The zero-order valence-corrected chi connectivity index (χ0v) is 13.1. The molecule has 3 N–H and O–H groups in total. The van der Waals surface area contributed by atoms with Gasteiger partial charge in [0.15, 0.2) is 11.1 Å². The van der Waals surface area contributed by atoms with Gasteiger partial charge >= 0.3 is 0 Å². The molecule has 0 atom stereocenters. The van der Waals surface area contributed by atoms with Crippen LogP contribution in [0.15, 0.2) is 35.8 Å². The smallest absolute Gasteiger partial charge is 0.176 e. The van der Waals surface area contributed by atoms with Crippen molar-refractivity contribution in [3.8, 4) is 0 Å². The van der Waals surface area contributed by atoms with Crippen molar-refractivity contribution in [3.05, 3.63) is 52.0 Å². The maximum atomic E-state index is 6.23. The van der Waals surface area contributed by atoms with Crippen LogP contribution in [0.25, 0.3) is 11.2 Å². The van der Waals surface area contributed by atoms with Crippen molar-refractivity contribution >= 4 is 34.4 Å². The van der Waals surface area contributed by atoms with Gasteiger partial charge in [-0.25, -0.2) is 9.97 Å². The lowest BCUT2D eigenvalue weighted by Gasteiger charge is -2.10. The fraction of sp³-hybridized carbons (Fsp3) is 0.214. The summed E-state index contributed by atoms with van der Waals surface area (Å²) in [6.07, 6.45) is 3.29. The summed E-state index contributed by atoms with van der Waals surface area (Å²) in [6, 6.07) is 5.43. The summed E-state index contributed by atoms with van der Waals surface area (Å²) >= 11 is 12.5. The molecule has 0 radical (unpaired) electrons. The molecule has 2 aromatic heterocycles. The average Bonchev–Trinajstić information content (AvgIpc) is 3.00. The number of nitrogens with one attached hydrogen (secondary N) is 1. The molecule has 0 spiro atoms. The van der Waals surface area contributed by atoms with Gasteiger partial charge in [-0.05, 0) is 12.1 Å². The Morgan fingerprint density at radius 1 is 1.23 bits per heavy atom. The van der Waals surface area contributed by atoms with E-state index in [0.717, 1.165) is 16.7 Å². The molecular weight excluding hydrogens is 323 g/mol. The molecule has 0 saturated heterocycles. The molecule has 8 heteroatoms. The molecule has 2 heterocycles. The normalized spacial score (nSPS) is 12.2. The monoisotopic (exact) mass is 336 g/mol. The van der Waals surface area contributed by atoms with Gasteiger partial charge in [0.2, 0.25) is 0 Å². The van der Waals surface area contributed by atoms with E-state index in [9.17, 15) is 0 Å². The lowest BCUT2D eigenvalue weighted by atomic mass is 10.2. The highest BCUT2D eigenvalue weighted by Crippen LogP contribution is 2.25. The summed E-state index contributed by atoms with van der Waals surface area (Å²) in [5, 5.41) is 1.22. The predicted molar refractivity (Wildman–Crippen MR) is 86.9 cm³/mol. The molecule has 0 unspecified atom stereocenters. The Balaban J connectivity index is 2.08. The number of aromatic nitrogens is 4. The van der Waals surface area contributed by atoms with E-state index in [-0.39, 0.29) is 0 Å².